The molecule has 0 atom stereocenters. The van der Waals surface area contributed by atoms with Crippen LogP contribution in [0.15, 0.2) is 48.3 Å². The lowest BCUT2D eigenvalue weighted by atomic mass is 9.96. The van der Waals surface area contributed by atoms with Crippen molar-refractivity contribution in [2.24, 2.45) is 13.0 Å². The highest BCUT2D eigenvalue weighted by Gasteiger charge is 2.33. The van der Waals surface area contributed by atoms with Gasteiger partial charge in [0, 0.05) is 57.6 Å². The van der Waals surface area contributed by atoms with Gasteiger partial charge in [-0.25, -0.2) is 18.4 Å². The van der Waals surface area contributed by atoms with Gasteiger partial charge >= 0.3 is 0 Å². The maximum absolute atomic E-state index is 13.2. The zero-order valence-corrected chi connectivity index (χ0v) is 20.5. The van der Waals surface area contributed by atoms with Gasteiger partial charge in [0.1, 0.15) is 12.1 Å². The van der Waals surface area contributed by atoms with Crippen LogP contribution in [-0.2, 0) is 21.9 Å². The Morgan fingerprint density at radius 1 is 1.00 bits per heavy atom. The van der Waals surface area contributed by atoms with Crippen molar-refractivity contribution in [3.8, 4) is 0 Å². The highest BCUT2D eigenvalue weighted by atomic mass is 32.2. The number of rotatable bonds is 5. The number of aromatic nitrogens is 4. The summed E-state index contributed by atoms with van der Waals surface area (Å²) in [6.45, 7) is 3.32. The number of hydrogen-bond donors (Lipinski definition) is 0. The highest BCUT2D eigenvalue weighted by Crippen LogP contribution is 2.26. The van der Waals surface area contributed by atoms with Crippen molar-refractivity contribution in [3.05, 3.63) is 53.8 Å². The molecule has 2 saturated heterocycles. The van der Waals surface area contributed by atoms with Crippen molar-refractivity contribution >= 4 is 38.9 Å². The fourth-order valence-electron chi connectivity index (χ4n) is 4.77. The van der Waals surface area contributed by atoms with Gasteiger partial charge in [-0.15, -0.1) is 0 Å². The average Bonchev–Trinajstić information content (AvgIpc) is 3.29. The smallest absolute Gasteiger partial charge is 0.236 e. The number of anilines is 1. The lowest BCUT2D eigenvalue weighted by molar-refractivity contribution is -0.137. The third-order valence-electron chi connectivity index (χ3n) is 6.79. The highest BCUT2D eigenvalue weighted by molar-refractivity contribution is 7.92. The summed E-state index contributed by atoms with van der Waals surface area (Å²) in [6.07, 6.45) is 6.02. The molecule has 5 rings (SSSR count). The fourth-order valence-corrected chi connectivity index (χ4v) is 5.99. The maximum atomic E-state index is 13.2. The number of carbonyl (C=O) groups excluding carboxylic acids is 1. The average molecular weight is 496 g/mol. The second kappa shape index (κ2) is 9.74. The number of fused-ring (bicyclic) bond motifs is 1. The molecule has 2 aliphatic heterocycles. The minimum atomic E-state index is -3.51. The molecule has 0 saturated carbocycles. The van der Waals surface area contributed by atoms with E-state index in [4.69, 9.17) is 0 Å². The first-order valence-electron chi connectivity index (χ1n) is 11.8. The minimum absolute atomic E-state index is 0.121. The van der Waals surface area contributed by atoms with Gasteiger partial charge < -0.3 is 9.80 Å². The van der Waals surface area contributed by atoms with Gasteiger partial charge in [0.05, 0.1) is 11.6 Å². The van der Waals surface area contributed by atoms with Crippen LogP contribution in [0.1, 0.15) is 18.4 Å². The lowest BCUT2D eigenvalue weighted by Gasteiger charge is -2.38. The minimum Gasteiger partial charge on any atom is -0.352 e. The van der Waals surface area contributed by atoms with E-state index >= 15 is 0 Å². The van der Waals surface area contributed by atoms with Gasteiger partial charge in [-0.2, -0.15) is 9.40 Å². The zero-order valence-electron chi connectivity index (χ0n) is 19.7. The van der Waals surface area contributed by atoms with Crippen molar-refractivity contribution in [3.63, 3.8) is 0 Å². The van der Waals surface area contributed by atoms with E-state index in [1.807, 2.05) is 42.3 Å². The Morgan fingerprint density at radius 3 is 2.43 bits per heavy atom. The molecule has 0 bridgehead atoms. The molecular weight excluding hydrogens is 466 g/mol. The van der Waals surface area contributed by atoms with Gasteiger partial charge in [-0.3, -0.25) is 9.48 Å². The molecule has 0 N–H and O–H groups in total. The van der Waals surface area contributed by atoms with E-state index in [0.717, 1.165) is 22.4 Å². The van der Waals surface area contributed by atoms with Crippen molar-refractivity contribution in [1.29, 1.82) is 0 Å². The Labute approximate surface area is 204 Å². The maximum Gasteiger partial charge on any atom is 0.236 e. The molecule has 2 fully saturated rings. The number of piperazine rings is 1. The molecule has 184 valence electrons. The Balaban J connectivity index is 1.15. The van der Waals surface area contributed by atoms with Crippen molar-refractivity contribution in [2.75, 3.05) is 44.2 Å². The predicted octanol–water partition coefficient (Wildman–Crippen LogP) is 1.72. The van der Waals surface area contributed by atoms with Crippen molar-refractivity contribution in [2.45, 2.75) is 12.8 Å². The summed E-state index contributed by atoms with van der Waals surface area (Å²) in [7, 11) is -1.65. The summed E-state index contributed by atoms with van der Waals surface area (Å²) < 4.78 is 28.7. The molecular formula is C24H29N7O3S. The number of sulfonamides is 1. The van der Waals surface area contributed by atoms with Gasteiger partial charge in [-0.05, 0) is 24.5 Å². The number of piperidine rings is 1. The van der Waals surface area contributed by atoms with Crippen molar-refractivity contribution < 1.29 is 13.2 Å². The molecule has 1 aromatic carbocycles. The van der Waals surface area contributed by atoms with E-state index in [1.54, 1.807) is 23.3 Å². The Morgan fingerprint density at radius 2 is 1.71 bits per heavy atom. The van der Waals surface area contributed by atoms with Crippen LogP contribution in [0, 0.1) is 5.92 Å². The largest absolute Gasteiger partial charge is 0.352 e. The number of amides is 1. The van der Waals surface area contributed by atoms with Crippen LogP contribution in [0.25, 0.3) is 17.1 Å². The summed E-state index contributed by atoms with van der Waals surface area (Å²) in [4.78, 5) is 26.0. The molecule has 11 heteroatoms. The molecule has 2 aromatic heterocycles. The summed E-state index contributed by atoms with van der Waals surface area (Å²) in [5.74, 6) is 0.822. The first-order chi connectivity index (χ1) is 16.9. The van der Waals surface area contributed by atoms with E-state index in [0.29, 0.717) is 52.1 Å². The second-order valence-corrected chi connectivity index (χ2v) is 10.8. The molecule has 0 spiro atoms. The summed E-state index contributed by atoms with van der Waals surface area (Å²) in [6, 6.07) is 9.36. The van der Waals surface area contributed by atoms with Gasteiger partial charge in [0.15, 0.2) is 5.65 Å². The van der Waals surface area contributed by atoms with E-state index < -0.39 is 10.0 Å². The predicted molar refractivity (Wildman–Crippen MR) is 134 cm³/mol. The third-order valence-corrected chi connectivity index (χ3v) is 8.36. The van der Waals surface area contributed by atoms with Gasteiger partial charge in [0.2, 0.25) is 15.9 Å². The lowest BCUT2D eigenvalue weighted by Crippen LogP contribution is -2.52. The van der Waals surface area contributed by atoms with Crippen LogP contribution in [0.3, 0.4) is 0 Å². The first-order valence-corrected chi connectivity index (χ1v) is 13.3. The number of hydrogen-bond acceptors (Lipinski definition) is 7. The van der Waals surface area contributed by atoms with E-state index in [2.05, 4.69) is 20.0 Å². The topological polar surface area (TPSA) is 105 Å². The Kier molecular flexibility index (Phi) is 6.52. The molecule has 35 heavy (non-hydrogen) atoms. The molecule has 3 aromatic rings. The van der Waals surface area contributed by atoms with E-state index in [-0.39, 0.29) is 11.8 Å². The summed E-state index contributed by atoms with van der Waals surface area (Å²) >= 11 is 0. The molecule has 0 unspecified atom stereocenters. The first kappa shape index (κ1) is 23.4. The number of nitrogens with zero attached hydrogens (tertiary/aromatic N) is 7. The number of benzene rings is 1. The van der Waals surface area contributed by atoms with Crippen LogP contribution in [0.2, 0.25) is 0 Å². The molecule has 0 radical (unpaired) electrons. The van der Waals surface area contributed by atoms with E-state index in [9.17, 15) is 13.2 Å². The monoisotopic (exact) mass is 495 g/mol. The third kappa shape index (κ3) is 4.92. The molecule has 1 amide bonds. The van der Waals surface area contributed by atoms with Crippen LogP contribution < -0.4 is 4.90 Å². The van der Waals surface area contributed by atoms with Gasteiger partial charge in [-0.1, -0.05) is 30.3 Å². The number of aryl methyl sites for hydroxylation is 1. The van der Waals surface area contributed by atoms with E-state index in [1.165, 1.54) is 9.71 Å². The van der Waals surface area contributed by atoms with Crippen molar-refractivity contribution in [1.82, 2.24) is 29.0 Å². The number of carbonyl (C=O) groups is 1. The standard InChI is InChI=1S/C24H29N7O3S/c1-28-22-21(17-27-28)23(26-18-25-22)29-12-14-30(15-13-29)24(32)20-7-10-31(11-8-20)35(33,34)16-9-19-5-3-2-4-6-19/h2-6,9,16-18,20H,7-8,10-15H2,1H3/b16-9+. The Bertz CT molecular complexity index is 1320. The molecule has 2 aliphatic rings. The van der Waals surface area contributed by atoms with Crippen LogP contribution in [0.4, 0.5) is 5.82 Å². The normalized spacial score (nSPS) is 18.5. The second-order valence-electron chi connectivity index (χ2n) is 8.95. The summed E-state index contributed by atoms with van der Waals surface area (Å²) in [5, 5.41) is 6.44. The van der Waals surface area contributed by atoms with Gasteiger partial charge in [0.25, 0.3) is 0 Å². The van der Waals surface area contributed by atoms with Crippen LogP contribution >= 0.6 is 0 Å². The molecule has 10 nitrogen and oxygen atoms in total. The quantitative estimate of drug-likeness (QED) is 0.531. The SMILES string of the molecule is Cn1ncc2c(N3CCN(C(=O)C4CCN(S(=O)(=O)/C=C/c5ccccc5)CC4)CC3)ncnc21. The van der Waals surface area contributed by atoms with Crippen LogP contribution in [-0.4, -0.2) is 82.5 Å². The molecule has 0 aliphatic carbocycles. The Hall–Kier alpha value is -3.31. The summed E-state index contributed by atoms with van der Waals surface area (Å²) in [5.41, 5.74) is 1.63. The van der Waals surface area contributed by atoms with Crippen LogP contribution in [0.5, 0.6) is 0 Å². The fraction of sp³-hybridized carbons (Fsp3) is 0.417. The zero-order chi connectivity index (χ0) is 24.4. The molecule has 4 heterocycles.